The second-order valence-corrected chi connectivity index (χ2v) is 7.38. The summed E-state index contributed by atoms with van der Waals surface area (Å²) in [5.74, 6) is -0.893. The Morgan fingerprint density at radius 3 is 2.76 bits per heavy atom. The maximum absolute atomic E-state index is 13.0. The van der Waals surface area contributed by atoms with Gasteiger partial charge in [-0.25, -0.2) is 4.99 Å². The lowest BCUT2D eigenvalue weighted by molar-refractivity contribution is -0.118. The summed E-state index contributed by atoms with van der Waals surface area (Å²) >= 11 is 11.2. The Bertz CT molecular complexity index is 1090. The van der Waals surface area contributed by atoms with Crippen LogP contribution in [0.5, 0.6) is 0 Å². The van der Waals surface area contributed by atoms with Crippen LogP contribution in [0.3, 0.4) is 0 Å². The number of hydrogen-bond acceptors (Lipinski definition) is 3. The Labute approximate surface area is 178 Å². The third-order valence-corrected chi connectivity index (χ3v) is 5.16. The van der Waals surface area contributed by atoms with Crippen molar-refractivity contribution in [3.63, 3.8) is 0 Å². The van der Waals surface area contributed by atoms with E-state index in [1.807, 2.05) is 24.3 Å². The number of anilines is 1. The first-order valence-corrected chi connectivity index (χ1v) is 9.75. The molecule has 0 aromatic heterocycles. The lowest BCUT2D eigenvalue weighted by Crippen LogP contribution is -2.46. The molecule has 0 spiro atoms. The normalized spacial score (nSPS) is 17.8. The number of benzene rings is 2. The molecule has 1 aliphatic carbocycles. The molecule has 4 rings (SSSR count). The SMILES string of the molecule is O=C(NCc1ccc(Cl)cc1)c1cccc(N2C(=O)C3C=CC=CC3=NC2=S)c1. The monoisotopic (exact) mass is 421 g/mol. The summed E-state index contributed by atoms with van der Waals surface area (Å²) in [7, 11) is 0. The zero-order valence-electron chi connectivity index (χ0n) is 15.2. The summed E-state index contributed by atoms with van der Waals surface area (Å²) in [4.78, 5) is 31.3. The largest absolute Gasteiger partial charge is 0.348 e. The minimum atomic E-state index is -0.464. The molecule has 0 fully saturated rings. The topological polar surface area (TPSA) is 61.8 Å². The Balaban J connectivity index is 1.53. The summed E-state index contributed by atoms with van der Waals surface area (Å²) < 4.78 is 0. The Hall–Kier alpha value is -3.09. The van der Waals surface area contributed by atoms with Gasteiger partial charge in [0, 0.05) is 17.1 Å². The summed E-state index contributed by atoms with van der Waals surface area (Å²) in [6.07, 6.45) is 7.22. The first kappa shape index (κ1) is 19.2. The lowest BCUT2D eigenvalue weighted by atomic mass is 9.95. The predicted molar refractivity (Wildman–Crippen MR) is 118 cm³/mol. The van der Waals surface area contributed by atoms with Gasteiger partial charge in [0.1, 0.15) is 0 Å². The van der Waals surface area contributed by atoms with Crippen molar-refractivity contribution in [3.8, 4) is 0 Å². The van der Waals surface area contributed by atoms with E-state index in [4.69, 9.17) is 23.8 Å². The van der Waals surface area contributed by atoms with E-state index in [-0.39, 0.29) is 16.9 Å². The van der Waals surface area contributed by atoms with Gasteiger partial charge >= 0.3 is 0 Å². The molecule has 2 amide bonds. The molecule has 29 heavy (non-hydrogen) atoms. The van der Waals surface area contributed by atoms with Crippen LogP contribution < -0.4 is 10.2 Å². The van der Waals surface area contributed by atoms with E-state index >= 15 is 0 Å². The Kier molecular flexibility index (Phi) is 5.38. The van der Waals surface area contributed by atoms with Crippen LogP contribution >= 0.6 is 23.8 Å². The van der Waals surface area contributed by atoms with Crippen LogP contribution in [0.4, 0.5) is 5.69 Å². The molecule has 0 saturated heterocycles. The molecule has 144 valence electrons. The highest BCUT2D eigenvalue weighted by atomic mass is 35.5. The van der Waals surface area contributed by atoms with Crippen molar-refractivity contribution in [1.82, 2.24) is 5.32 Å². The summed E-state index contributed by atoms with van der Waals surface area (Å²) in [5.41, 5.74) is 2.52. The lowest BCUT2D eigenvalue weighted by Gasteiger charge is -2.30. The van der Waals surface area contributed by atoms with Gasteiger partial charge in [-0.05, 0) is 54.2 Å². The molecule has 2 aromatic carbocycles. The molecule has 1 heterocycles. The molecule has 1 aliphatic heterocycles. The maximum Gasteiger partial charge on any atom is 0.251 e. The standard InChI is InChI=1S/C22H16ClN3O2S/c23-16-10-8-14(9-11-16)13-24-20(27)15-4-3-5-17(12-15)26-21(28)18-6-1-2-7-19(18)25-22(26)29/h1-12,18H,13H2,(H,24,27). The van der Waals surface area contributed by atoms with Gasteiger partial charge in [0.25, 0.3) is 5.91 Å². The first-order valence-electron chi connectivity index (χ1n) is 8.97. The number of allylic oxidation sites excluding steroid dienone is 3. The number of rotatable bonds is 4. The van der Waals surface area contributed by atoms with E-state index in [9.17, 15) is 9.59 Å². The van der Waals surface area contributed by atoms with E-state index in [1.165, 1.54) is 4.90 Å². The minimum Gasteiger partial charge on any atom is -0.348 e. The summed E-state index contributed by atoms with van der Waals surface area (Å²) in [5, 5.41) is 3.68. The van der Waals surface area contributed by atoms with Crippen LogP contribution in [-0.2, 0) is 11.3 Å². The molecular formula is C22H16ClN3O2S. The molecule has 5 nitrogen and oxygen atoms in total. The predicted octanol–water partition coefficient (Wildman–Crippen LogP) is 4.08. The average molecular weight is 422 g/mol. The van der Waals surface area contributed by atoms with Crippen molar-refractivity contribution in [2.75, 3.05) is 4.90 Å². The van der Waals surface area contributed by atoms with Gasteiger partial charge in [0.2, 0.25) is 11.0 Å². The van der Waals surface area contributed by atoms with Gasteiger partial charge < -0.3 is 5.32 Å². The number of nitrogens with one attached hydrogen (secondary N) is 1. The van der Waals surface area contributed by atoms with Crippen LogP contribution in [0.15, 0.2) is 77.8 Å². The fourth-order valence-corrected chi connectivity index (χ4v) is 3.58. The van der Waals surface area contributed by atoms with Gasteiger partial charge in [-0.2, -0.15) is 0 Å². The molecular weight excluding hydrogens is 406 g/mol. The molecule has 0 saturated carbocycles. The number of hydrogen-bond donors (Lipinski definition) is 1. The van der Waals surface area contributed by atoms with Crippen LogP contribution in [0, 0.1) is 5.92 Å². The van der Waals surface area contributed by atoms with Gasteiger partial charge in [-0.1, -0.05) is 48.0 Å². The molecule has 1 N–H and O–H groups in total. The number of fused-ring (bicyclic) bond motifs is 1. The second-order valence-electron chi connectivity index (χ2n) is 6.57. The Morgan fingerprint density at radius 1 is 1.17 bits per heavy atom. The molecule has 7 heteroatoms. The van der Waals surface area contributed by atoms with Gasteiger partial charge in [-0.15, -0.1) is 0 Å². The molecule has 2 aliphatic rings. The van der Waals surface area contributed by atoms with Crippen LogP contribution in [-0.4, -0.2) is 22.6 Å². The van der Waals surface area contributed by atoms with E-state index in [0.29, 0.717) is 28.5 Å². The van der Waals surface area contributed by atoms with Crippen LogP contribution in [0.2, 0.25) is 5.02 Å². The third-order valence-electron chi connectivity index (χ3n) is 4.64. The molecule has 1 unspecified atom stereocenters. The number of thiocarbonyl (C=S) groups is 1. The van der Waals surface area contributed by atoms with Gasteiger partial charge in [0.15, 0.2) is 0 Å². The third kappa shape index (κ3) is 4.04. The van der Waals surface area contributed by atoms with Crippen LogP contribution in [0.1, 0.15) is 15.9 Å². The number of amides is 2. The highest BCUT2D eigenvalue weighted by Crippen LogP contribution is 2.26. The van der Waals surface area contributed by atoms with E-state index in [1.54, 1.807) is 48.6 Å². The molecule has 0 radical (unpaired) electrons. The van der Waals surface area contributed by atoms with E-state index < -0.39 is 5.92 Å². The zero-order valence-corrected chi connectivity index (χ0v) is 16.8. The first-order chi connectivity index (χ1) is 14.0. The highest BCUT2D eigenvalue weighted by molar-refractivity contribution is 7.80. The number of halogens is 1. The van der Waals surface area contributed by atoms with Gasteiger partial charge in [0.05, 0.1) is 17.3 Å². The number of carbonyl (C=O) groups excluding carboxylic acids is 2. The summed E-state index contributed by atoms with van der Waals surface area (Å²) in [6, 6.07) is 14.0. The zero-order chi connectivity index (χ0) is 20.4. The summed E-state index contributed by atoms with van der Waals surface area (Å²) in [6.45, 7) is 0.369. The fraction of sp³-hybridized carbons (Fsp3) is 0.0909. The smallest absolute Gasteiger partial charge is 0.251 e. The number of nitrogens with zero attached hydrogens (tertiary/aromatic N) is 2. The van der Waals surface area contributed by atoms with Gasteiger partial charge in [-0.3, -0.25) is 14.5 Å². The number of aliphatic imine (C=N–C) groups is 1. The number of carbonyl (C=O) groups is 2. The van der Waals surface area contributed by atoms with E-state index in [0.717, 1.165) is 5.56 Å². The van der Waals surface area contributed by atoms with Crippen molar-refractivity contribution in [2.45, 2.75) is 6.54 Å². The van der Waals surface area contributed by atoms with Crippen molar-refractivity contribution in [2.24, 2.45) is 10.9 Å². The molecule has 2 aromatic rings. The van der Waals surface area contributed by atoms with Crippen LogP contribution in [0.25, 0.3) is 0 Å². The minimum absolute atomic E-state index is 0.167. The maximum atomic E-state index is 13.0. The van der Waals surface area contributed by atoms with E-state index in [2.05, 4.69) is 10.3 Å². The fourth-order valence-electron chi connectivity index (χ4n) is 3.15. The van der Waals surface area contributed by atoms with Crippen molar-refractivity contribution < 1.29 is 9.59 Å². The van der Waals surface area contributed by atoms with Crippen molar-refractivity contribution in [1.29, 1.82) is 0 Å². The molecule has 0 bridgehead atoms. The Morgan fingerprint density at radius 2 is 1.97 bits per heavy atom. The average Bonchev–Trinajstić information content (AvgIpc) is 2.73. The van der Waals surface area contributed by atoms with Crippen molar-refractivity contribution in [3.05, 3.63) is 89.0 Å². The second kappa shape index (κ2) is 8.11. The van der Waals surface area contributed by atoms with Crippen molar-refractivity contribution >= 4 is 52.1 Å². The quantitative estimate of drug-likeness (QED) is 0.756. The molecule has 1 atom stereocenters. The highest BCUT2D eigenvalue weighted by Gasteiger charge is 2.34.